The molecule has 0 saturated heterocycles. The molecule has 0 amide bonds. The lowest BCUT2D eigenvalue weighted by Gasteiger charge is -2.03. The minimum absolute atomic E-state index is 0.212. The molecule has 0 saturated carbocycles. The molecule has 0 bridgehead atoms. The van der Waals surface area contributed by atoms with Gasteiger partial charge in [0.2, 0.25) is 0 Å². The molecule has 0 unspecified atom stereocenters. The molecule has 0 fully saturated rings. The van der Waals surface area contributed by atoms with E-state index in [1.165, 1.54) is 10.2 Å². The van der Waals surface area contributed by atoms with Crippen LogP contribution in [0.4, 0.5) is 5.69 Å². The number of aromatic nitrogens is 3. The summed E-state index contributed by atoms with van der Waals surface area (Å²) in [6.07, 6.45) is 1.64. The van der Waals surface area contributed by atoms with Crippen molar-refractivity contribution in [2.24, 2.45) is 0 Å². The van der Waals surface area contributed by atoms with E-state index in [9.17, 15) is 4.79 Å². The van der Waals surface area contributed by atoms with Crippen molar-refractivity contribution in [3.05, 3.63) is 58.8 Å². The van der Waals surface area contributed by atoms with E-state index in [2.05, 4.69) is 22.0 Å². The van der Waals surface area contributed by atoms with Crippen molar-refractivity contribution in [3.63, 3.8) is 0 Å². The van der Waals surface area contributed by atoms with Crippen LogP contribution < -0.4 is 11.0 Å². The molecule has 0 aliphatic heterocycles. The zero-order valence-electron chi connectivity index (χ0n) is 10.3. The summed E-state index contributed by atoms with van der Waals surface area (Å²) in [6, 6.07) is 8.05. The van der Waals surface area contributed by atoms with E-state index < -0.39 is 0 Å². The van der Waals surface area contributed by atoms with Gasteiger partial charge in [0.1, 0.15) is 5.82 Å². The topological polar surface area (TPSA) is 62.7 Å². The molecule has 1 aromatic carbocycles. The highest BCUT2D eigenvalue weighted by atomic mass is 16.1. The van der Waals surface area contributed by atoms with Crippen LogP contribution in [-0.2, 0) is 13.1 Å². The highest BCUT2D eigenvalue weighted by Gasteiger charge is 2.03. The summed E-state index contributed by atoms with van der Waals surface area (Å²) in [6.45, 7) is 6.52. The van der Waals surface area contributed by atoms with Crippen molar-refractivity contribution in [1.29, 1.82) is 0 Å². The molecule has 2 aromatic rings. The van der Waals surface area contributed by atoms with Crippen LogP contribution in [0.15, 0.2) is 41.7 Å². The summed E-state index contributed by atoms with van der Waals surface area (Å²) in [5.41, 5.74) is 2.00. The third-order valence-electron chi connectivity index (χ3n) is 2.54. The Labute approximate surface area is 105 Å². The average molecular weight is 244 g/mol. The second-order valence-corrected chi connectivity index (χ2v) is 4.07. The largest absolute Gasteiger partial charge is 0.378 e. The maximum absolute atomic E-state index is 11.5. The van der Waals surface area contributed by atoms with Gasteiger partial charge in [-0.2, -0.15) is 5.10 Å². The van der Waals surface area contributed by atoms with Crippen LogP contribution in [0.3, 0.4) is 0 Å². The van der Waals surface area contributed by atoms with E-state index in [1.54, 1.807) is 6.08 Å². The number of aromatic amines is 1. The first-order valence-electron chi connectivity index (χ1n) is 5.76. The van der Waals surface area contributed by atoms with Crippen LogP contribution in [0.25, 0.3) is 0 Å². The molecule has 2 N–H and O–H groups in total. The predicted molar refractivity (Wildman–Crippen MR) is 71.6 cm³/mol. The van der Waals surface area contributed by atoms with Crippen LogP contribution in [-0.4, -0.2) is 14.8 Å². The maximum atomic E-state index is 11.5. The molecule has 5 nitrogen and oxygen atoms in total. The molecule has 1 heterocycles. The second kappa shape index (κ2) is 5.35. The maximum Gasteiger partial charge on any atom is 0.343 e. The second-order valence-electron chi connectivity index (χ2n) is 4.07. The van der Waals surface area contributed by atoms with Gasteiger partial charge in [0.05, 0.1) is 13.1 Å². The fourth-order valence-electron chi connectivity index (χ4n) is 1.59. The number of hydrogen-bond donors (Lipinski definition) is 2. The predicted octanol–water partition coefficient (Wildman–Crippen LogP) is 1.68. The SMILES string of the molecule is C=CCn1nc(CNc2ccc(C)cc2)[nH]c1=O. The minimum Gasteiger partial charge on any atom is -0.378 e. The average Bonchev–Trinajstić information content (AvgIpc) is 2.70. The Kier molecular flexibility index (Phi) is 3.62. The summed E-state index contributed by atoms with van der Waals surface area (Å²) in [5.74, 6) is 0.613. The van der Waals surface area contributed by atoms with Gasteiger partial charge in [0.15, 0.2) is 0 Å². The van der Waals surface area contributed by atoms with Crippen molar-refractivity contribution in [2.75, 3.05) is 5.32 Å². The third-order valence-corrected chi connectivity index (χ3v) is 2.54. The Bertz CT molecular complexity index is 580. The van der Waals surface area contributed by atoms with E-state index in [0.29, 0.717) is 18.9 Å². The number of allylic oxidation sites excluding steroid dienone is 1. The normalized spacial score (nSPS) is 10.3. The molecule has 0 atom stereocenters. The molecule has 18 heavy (non-hydrogen) atoms. The van der Waals surface area contributed by atoms with Gasteiger partial charge >= 0.3 is 5.69 Å². The Morgan fingerprint density at radius 1 is 1.44 bits per heavy atom. The molecule has 0 radical (unpaired) electrons. The van der Waals surface area contributed by atoms with Gasteiger partial charge in [-0.3, -0.25) is 4.98 Å². The summed E-state index contributed by atoms with van der Waals surface area (Å²) < 4.78 is 1.35. The molecule has 0 aliphatic rings. The smallest absolute Gasteiger partial charge is 0.343 e. The van der Waals surface area contributed by atoms with Crippen LogP contribution >= 0.6 is 0 Å². The summed E-state index contributed by atoms with van der Waals surface area (Å²) in [5, 5.41) is 7.35. The molecule has 1 aromatic heterocycles. The van der Waals surface area contributed by atoms with Gasteiger partial charge in [-0.05, 0) is 19.1 Å². The first-order valence-corrected chi connectivity index (χ1v) is 5.76. The third kappa shape index (κ3) is 2.88. The monoisotopic (exact) mass is 244 g/mol. The quantitative estimate of drug-likeness (QED) is 0.786. The molecule has 0 spiro atoms. The van der Waals surface area contributed by atoms with E-state index in [4.69, 9.17) is 0 Å². The number of nitrogens with one attached hydrogen (secondary N) is 2. The van der Waals surface area contributed by atoms with E-state index in [0.717, 1.165) is 5.69 Å². The first-order chi connectivity index (χ1) is 8.69. The lowest BCUT2D eigenvalue weighted by atomic mass is 10.2. The molecular formula is C13H16N4O. The number of anilines is 1. The van der Waals surface area contributed by atoms with Crippen molar-refractivity contribution in [2.45, 2.75) is 20.0 Å². The Hall–Kier alpha value is -2.30. The zero-order chi connectivity index (χ0) is 13.0. The Morgan fingerprint density at radius 2 is 2.17 bits per heavy atom. The van der Waals surface area contributed by atoms with Gasteiger partial charge in [0.25, 0.3) is 0 Å². The number of hydrogen-bond acceptors (Lipinski definition) is 3. The summed E-state index contributed by atoms with van der Waals surface area (Å²) in [7, 11) is 0. The fourth-order valence-corrected chi connectivity index (χ4v) is 1.59. The van der Waals surface area contributed by atoms with E-state index in [1.807, 2.05) is 31.2 Å². The summed E-state index contributed by atoms with van der Waals surface area (Å²) >= 11 is 0. The van der Waals surface area contributed by atoms with Crippen molar-refractivity contribution >= 4 is 5.69 Å². The zero-order valence-corrected chi connectivity index (χ0v) is 10.3. The van der Waals surface area contributed by atoms with E-state index in [-0.39, 0.29) is 5.69 Å². The number of nitrogens with zero attached hydrogens (tertiary/aromatic N) is 2. The van der Waals surface area contributed by atoms with Crippen LogP contribution in [0.1, 0.15) is 11.4 Å². The minimum atomic E-state index is -0.212. The van der Waals surface area contributed by atoms with Gasteiger partial charge < -0.3 is 5.32 Å². The number of aryl methyl sites for hydroxylation is 1. The van der Waals surface area contributed by atoms with Crippen LogP contribution in [0.2, 0.25) is 0 Å². The van der Waals surface area contributed by atoms with Crippen LogP contribution in [0, 0.1) is 6.92 Å². The molecule has 2 rings (SSSR count). The standard InChI is InChI=1S/C13H16N4O/c1-3-8-17-13(18)15-12(16-17)9-14-11-6-4-10(2)5-7-11/h3-7,14H,1,8-9H2,2H3,(H,15,16,18). The summed E-state index contributed by atoms with van der Waals surface area (Å²) in [4.78, 5) is 14.2. The van der Waals surface area contributed by atoms with Gasteiger partial charge in [0, 0.05) is 5.69 Å². The van der Waals surface area contributed by atoms with Crippen LogP contribution in [0.5, 0.6) is 0 Å². The van der Waals surface area contributed by atoms with Crippen molar-refractivity contribution < 1.29 is 0 Å². The number of H-pyrrole nitrogens is 1. The molecule has 94 valence electrons. The molecule has 0 aliphatic carbocycles. The Morgan fingerprint density at radius 3 is 2.83 bits per heavy atom. The van der Waals surface area contributed by atoms with E-state index >= 15 is 0 Å². The van der Waals surface area contributed by atoms with Gasteiger partial charge in [-0.25, -0.2) is 9.48 Å². The number of rotatable bonds is 5. The molecular weight excluding hydrogens is 228 g/mol. The van der Waals surface area contributed by atoms with Crippen molar-refractivity contribution in [3.8, 4) is 0 Å². The number of benzene rings is 1. The van der Waals surface area contributed by atoms with Gasteiger partial charge in [-0.1, -0.05) is 23.8 Å². The highest BCUT2D eigenvalue weighted by molar-refractivity contribution is 5.44. The Balaban J connectivity index is 2.01. The highest BCUT2D eigenvalue weighted by Crippen LogP contribution is 2.08. The first kappa shape index (κ1) is 12.2. The fraction of sp³-hybridized carbons (Fsp3) is 0.231. The lowest BCUT2D eigenvalue weighted by Crippen LogP contribution is -2.16. The lowest BCUT2D eigenvalue weighted by molar-refractivity contribution is 0.665. The molecule has 5 heteroatoms. The van der Waals surface area contributed by atoms with Gasteiger partial charge in [-0.15, -0.1) is 6.58 Å². The van der Waals surface area contributed by atoms with Crippen molar-refractivity contribution in [1.82, 2.24) is 14.8 Å².